The number of hydrogen-bond acceptors (Lipinski definition) is 3. The molecule has 0 spiro atoms. The molecule has 0 aliphatic heterocycles. The van der Waals surface area contributed by atoms with Gasteiger partial charge in [0.1, 0.15) is 6.61 Å². The highest BCUT2D eigenvalue weighted by molar-refractivity contribution is 6.06. The van der Waals surface area contributed by atoms with Crippen LogP contribution in [0.15, 0.2) is 54.6 Å². The van der Waals surface area contributed by atoms with Crippen LogP contribution in [0.3, 0.4) is 0 Å². The van der Waals surface area contributed by atoms with Crippen LogP contribution in [0.25, 0.3) is 10.9 Å². The molecule has 1 aliphatic rings. The molecule has 4 rings (SSSR count). The van der Waals surface area contributed by atoms with Crippen LogP contribution in [0.2, 0.25) is 0 Å². The molecule has 1 saturated carbocycles. The van der Waals surface area contributed by atoms with Crippen molar-refractivity contribution in [1.82, 2.24) is 10.3 Å². The van der Waals surface area contributed by atoms with Gasteiger partial charge in [0, 0.05) is 17.0 Å². The molecule has 4 nitrogen and oxygen atoms in total. The zero-order valence-corrected chi connectivity index (χ0v) is 14.2. The van der Waals surface area contributed by atoms with E-state index in [2.05, 4.69) is 10.3 Å². The number of carbonyl (C=O) groups is 1. The minimum Gasteiger partial charge on any atom is -0.489 e. The molecule has 5 heteroatoms. The Kier molecular flexibility index (Phi) is 4.52. The molecule has 1 fully saturated rings. The largest absolute Gasteiger partial charge is 0.489 e. The smallest absolute Gasteiger partial charge is 0.252 e. The molecule has 0 radical (unpaired) electrons. The van der Waals surface area contributed by atoms with Crippen molar-refractivity contribution < 1.29 is 13.9 Å². The minimum absolute atomic E-state index is 0.164. The van der Waals surface area contributed by atoms with E-state index in [1.807, 2.05) is 30.3 Å². The van der Waals surface area contributed by atoms with Crippen molar-refractivity contribution in [2.45, 2.75) is 18.8 Å². The van der Waals surface area contributed by atoms with E-state index >= 15 is 0 Å². The first-order chi connectivity index (χ1) is 12.7. The van der Waals surface area contributed by atoms with Gasteiger partial charge in [-0.25, -0.2) is 4.39 Å². The Morgan fingerprint density at radius 3 is 2.73 bits per heavy atom. The monoisotopic (exact) mass is 350 g/mol. The van der Waals surface area contributed by atoms with Gasteiger partial charge >= 0.3 is 0 Å². The van der Waals surface area contributed by atoms with E-state index < -0.39 is 5.82 Å². The predicted octanol–water partition coefficient (Wildman–Crippen LogP) is 4.06. The van der Waals surface area contributed by atoms with Gasteiger partial charge in [-0.3, -0.25) is 9.78 Å². The summed E-state index contributed by atoms with van der Waals surface area (Å²) in [6.45, 7) is 0.494. The van der Waals surface area contributed by atoms with Crippen LogP contribution in [0.4, 0.5) is 4.39 Å². The molecule has 0 unspecified atom stereocenters. The molecule has 1 aromatic heterocycles. The second-order valence-corrected chi connectivity index (χ2v) is 6.42. The molecular weight excluding hydrogens is 331 g/mol. The Bertz CT molecular complexity index is 954. The van der Waals surface area contributed by atoms with Crippen molar-refractivity contribution in [3.05, 3.63) is 71.7 Å². The fourth-order valence-corrected chi connectivity index (χ4v) is 2.95. The van der Waals surface area contributed by atoms with Gasteiger partial charge in [0.05, 0.1) is 17.6 Å². The lowest BCUT2D eigenvalue weighted by molar-refractivity contribution is 0.0948. The summed E-state index contributed by atoms with van der Waals surface area (Å²) in [6.07, 6.45) is 2.26. The Balaban J connectivity index is 1.45. The Morgan fingerprint density at radius 1 is 1.15 bits per heavy atom. The van der Waals surface area contributed by atoms with E-state index in [-0.39, 0.29) is 18.3 Å². The average Bonchev–Trinajstić information content (AvgIpc) is 3.51. The standard InChI is InChI=1S/C21H19FN2O2/c22-17-6-2-4-8-20(17)26-12-11-23-21(25)16-13-19(14-9-10-14)24-18-7-3-1-5-15(16)18/h1-8,13-14H,9-12H2,(H,23,25). The average molecular weight is 350 g/mol. The van der Waals surface area contributed by atoms with Crippen LogP contribution >= 0.6 is 0 Å². The second-order valence-electron chi connectivity index (χ2n) is 6.42. The lowest BCUT2D eigenvalue weighted by Crippen LogP contribution is -2.28. The van der Waals surface area contributed by atoms with E-state index in [1.54, 1.807) is 18.2 Å². The third-order valence-electron chi connectivity index (χ3n) is 4.46. The van der Waals surface area contributed by atoms with Crippen LogP contribution < -0.4 is 10.1 Å². The van der Waals surface area contributed by atoms with Crippen molar-refractivity contribution in [2.24, 2.45) is 0 Å². The molecule has 1 aliphatic carbocycles. The van der Waals surface area contributed by atoms with Crippen molar-refractivity contribution >= 4 is 16.8 Å². The SMILES string of the molecule is O=C(NCCOc1ccccc1F)c1cc(C2CC2)nc2ccccc12. The first-order valence-corrected chi connectivity index (χ1v) is 8.77. The van der Waals surface area contributed by atoms with Gasteiger partial charge in [0.25, 0.3) is 5.91 Å². The van der Waals surface area contributed by atoms with Crippen LogP contribution in [0, 0.1) is 5.82 Å². The van der Waals surface area contributed by atoms with Crippen LogP contribution in [-0.2, 0) is 0 Å². The molecule has 3 aromatic rings. The lowest BCUT2D eigenvalue weighted by Gasteiger charge is -2.11. The number of rotatable bonds is 6. The van der Waals surface area contributed by atoms with E-state index in [1.165, 1.54) is 6.07 Å². The predicted molar refractivity (Wildman–Crippen MR) is 97.9 cm³/mol. The van der Waals surface area contributed by atoms with Crippen molar-refractivity contribution in [1.29, 1.82) is 0 Å². The van der Waals surface area contributed by atoms with E-state index in [4.69, 9.17) is 4.74 Å². The zero-order valence-electron chi connectivity index (χ0n) is 14.2. The first-order valence-electron chi connectivity index (χ1n) is 8.77. The number of carbonyl (C=O) groups excluding carboxylic acids is 1. The number of nitrogens with zero attached hydrogens (tertiary/aromatic N) is 1. The molecule has 1 N–H and O–H groups in total. The summed E-state index contributed by atoms with van der Waals surface area (Å²) in [7, 11) is 0. The first kappa shape index (κ1) is 16.5. The summed E-state index contributed by atoms with van der Waals surface area (Å²) in [5.41, 5.74) is 2.45. The van der Waals surface area contributed by atoms with E-state index in [0.717, 1.165) is 29.4 Å². The molecule has 0 atom stereocenters. The quantitative estimate of drug-likeness (QED) is 0.682. The summed E-state index contributed by atoms with van der Waals surface area (Å²) in [5, 5.41) is 3.69. The molecule has 0 saturated heterocycles. The molecule has 1 amide bonds. The summed E-state index contributed by atoms with van der Waals surface area (Å²) in [5.74, 6) is 0.0818. The zero-order chi connectivity index (χ0) is 17.9. The van der Waals surface area contributed by atoms with E-state index in [9.17, 15) is 9.18 Å². The second kappa shape index (κ2) is 7.12. The van der Waals surface area contributed by atoms with Gasteiger partial charge < -0.3 is 10.1 Å². The normalized spacial score (nSPS) is 13.6. The number of nitrogens with one attached hydrogen (secondary N) is 1. The minimum atomic E-state index is -0.409. The van der Waals surface area contributed by atoms with Gasteiger partial charge in [-0.15, -0.1) is 0 Å². The fraction of sp³-hybridized carbons (Fsp3) is 0.238. The Hall–Kier alpha value is -2.95. The van der Waals surface area contributed by atoms with E-state index in [0.29, 0.717) is 18.0 Å². The van der Waals surface area contributed by atoms with Gasteiger partial charge in [0.15, 0.2) is 11.6 Å². The molecule has 2 aromatic carbocycles. The van der Waals surface area contributed by atoms with Gasteiger partial charge in [0.2, 0.25) is 0 Å². The summed E-state index contributed by atoms with van der Waals surface area (Å²) < 4.78 is 18.9. The number of benzene rings is 2. The number of aromatic nitrogens is 1. The van der Waals surface area contributed by atoms with Gasteiger partial charge in [-0.2, -0.15) is 0 Å². The van der Waals surface area contributed by atoms with Crippen molar-refractivity contribution in [3.63, 3.8) is 0 Å². The maximum Gasteiger partial charge on any atom is 0.252 e. The highest BCUT2D eigenvalue weighted by Gasteiger charge is 2.26. The van der Waals surface area contributed by atoms with Crippen LogP contribution in [0.5, 0.6) is 5.75 Å². The number of hydrogen-bond donors (Lipinski definition) is 1. The molecule has 1 heterocycles. The highest BCUT2D eigenvalue weighted by atomic mass is 19.1. The Morgan fingerprint density at radius 2 is 1.92 bits per heavy atom. The summed E-state index contributed by atoms with van der Waals surface area (Å²) in [6, 6.07) is 15.8. The maximum atomic E-state index is 13.5. The van der Waals surface area contributed by atoms with Crippen molar-refractivity contribution in [3.8, 4) is 5.75 Å². The highest BCUT2D eigenvalue weighted by Crippen LogP contribution is 2.40. The topological polar surface area (TPSA) is 51.2 Å². The molecule has 132 valence electrons. The fourth-order valence-electron chi connectivity index (χ4n) is 2.95. The number of amides is 1. The lowest BCUT2D eigenvalue weighted by atomic mass is 10.1. The summed E-state index contributed by atoms with van der Waals surface area (Å²) in [4.78, 5) is 17.3. The third-order valence-corrected chi connectivity index (χ3v) is 4.46. The molecule has 26 heavy (non-hydrogen) atoms. The number of ether oxygens (including phenoxy) is 1. The number of pyridine rings is 1. The van der Waals surface area contributed by atoms with Gasteiger partial charge in [-0.05, 0) is 37.1 Å². The molecular formula is C21H19FN2O2. The summed E-state index contributed by atoms with van der Waals surface area (Å²) >= 11 is 0. The van der Waals surface area contributed by atoms with Crippen molar-refractivity contribution in [2.75, 3.05) is 13.2 Å². The maximum absolute atomic E-state index is 13.5. The van der Waals surface area contributed by atoms with Crippen LogP contribution in [-0.4, -0.2) is 24.0 Å². The molecule has 0 bridgehead atoms. The number of fused-ring (bicyclic) bond motifs is 1. The number of halogens is 1. The Labute approximate surface area is 151 Å². The van der Waals surface area contributed by atoms with Crippen LogP contribution in [0.1, 0.15) is 34.8 Å². The number of para-hydroxylation sites is 2. The third kappa shape index (κ3) is 3.52. The van der Waals surface area contributed by atoms with Gasteiger partial charge in [-0.1, -0.05) is 30.3 Å².